The smallest absolute Gasteiger partial charge is 0.234 e. The highest BCUT2D eigenvalue weighted by molar-refractivity contribution is 5.71. The molecule has 0 spiro atoms. The van der Waals surface area contributed by atoms with Gasteiger partial charge in [0, 0.05) is 11.9 Å². The molecule has 0 bridgehead atoms. The molecule has 1 amide bonds. The number of carbonyl (C=O) groups excluding carboxylic acids is 1. The zero-order chi connectivity index (χ0) is 8.69. The fourth-order valence-electron chi connectivity index (χ4n) is 0.412. The average molecular weight is 152 g/mol. The monoisotopic (exact) mass is 152 g/mol. The number of amides is 1. The van der Waals surface area contributed by atoms with E-state index in [0.717, 1.165) is 0 Å². The SMILES string of the molecule is C=C(C)N(C=O)/N=C\C=C\C. The predicted molar refractivity (Wildman–Crippen MR) is 46.0 cm³/mol. The molecule has 0 atom stereocenters. The van der Waals surface area contributed by atoms with Gasteiger partial charge < -0.3 is 0 Å². The number of hydrazone groups is 1. The number of rotatable bonds is 4. The highest BCUT2D eigenvalue weighted by Crippen LogP contribution is 1.95. The number of carbonyl (C=O) groups is 1. The van der Waals surface area contributed by atoms with Crippen LogP contribution >= 0.6 is 0 Å². The Bertz CT molecular complexity index is 194. The minimum absolute atomic E-state index is 0.598. The molecule has 60 valence electrons. The number of hydrogen-bond acceptors (Lipinski definition) is 2. The molecule has 0 aromatic rings. The summed E-state index contributed by atoms with van der Waals surface area (Å²) in [5, 5.41) is 4.95. The summed E-state index contributed by atoms with van der Waals surface area (Å²) >= 11 is 0. The zero-order valence-electron chi connectivity index (χ0n) is 6.82. The number of nitrogens with zero attached hydrogens (tertiary/aromatic N) is 2. The molecule has 0 aliphatic carbocycles. The van der Waals surface area contributed by atoms with E-state index in [1.54, 1.807) is 13.0 Å². The van der Waals surface area contributed by atoms with Gasteiger partial charge in [-0.05, 0) is 19.9 Å². The summed E-state index contributed by atoms with van der Waals surface area (Å²) < 4.78 is 0. The van der Waals surface area contributed by atoms with Gasteiger partial charge in [0.1, 0.15) is 0 Å². The van der Waals surface area contributed by atoms with Crippen LogP contribution in [0.25, 0.3) is 0 Å². The van der Waals surface area contributed by atoms with Gasteiger partial charge in [-0.2, -0.15) is 5.10 Å². The Balaban J connectivity index is 4.07. The molecule has 0 rings (SSSR count). The largest absolute Gasteiger partial charge is 0.276 e. The summed E-state index contributed by atoms with van der Waals surface area (Å²) in [7, 11) is 0. The van der Waals surface area contributed by atoms with Gasteiger partial charge in [0.2, 0.25) is 6.41 Å². The third-order valence-electron chi connectivity index (χ3n) is 0.961. The second kappa shape index (κ2) is 5.41. The molecule has 0 aromatic heterocycles. The van der Waals surface area contributed by atoms with Crippen molar-refractivity contribution in [3.8, 4) is 0 Å². The first-order chi connectivity index (χ1) is 5.22. The first-order valence-corrected chi connectivity index (χ1v) is 3.27. The Morgan fingerprint density at radius 1 is 1.64 bits per heavy atom. The standard InChI is InChI=1S/C8H12N2O/c1-4-5-6-9-10(7-11)8(2)3/h4-7H,2H2,1,3H3/b5-4+,9-6-. The molecule has 0 fully saturated rings. The van der Waals surface area contributed by atoms with Crippen molar-refractivity contribution < 1.29 is 4.79 Å². The topological polar surface area (TPSA) is 32.7 Å². The Hall–Kier alpha value is -1.38. The summed E-state index contributed by atoms with van der Waals surface area (Å²) in [4.78, 5) is 10.3. The molecular weight excluding hydrogens is 140 g/mol. The molecule has 0 unspecified atom stereocenters. The van der Waals surface area contributed by atoms with E-state index in [2.05, 4.69) is 11.7 Å². The van der Waals surface area contributed by atoms with Crippen LogP contribution in [0, 0.1) is 0 Å². The van der Waals surface area contributed by atoms with E-state index >= 15 is 0 Å². The molecule has 11 heavy (non-hydrogen) atoms. The maximum Gasteiger partial charge on any atom is 0.234 e. The summed E-state index contributed by atoms with van der Waals surface area (Å²) in [6.45, 7) is 7.14. The molecule has 0 saturated heterocycles. The minimum atomic E-state index is 0.598. The average Bonchev–Trinajstić information content (AvgIpc) is 1.97. The van der Waals surface area contributed by atoms with Crippen molar-refractivity contribution >= 4 is 12.6 Å². The lowest BCUT2D eigenvalue weighted by molar-refractivity contribution is -0.116. The van der Waals surface area contributed by atoms with E-state index in [1.165, 1.54) is 11.2 Å². The van der Waals surface area contributed by atoms with Crippen LogP contribution in [0.4, 0.5) is 0 Å². The summed E-state index contributed by atoms with van der Waals surface area (Å²) in [5.41, 5.74) is 0.598. The lowest BCUT2D eigenvalue weighted by Crippen LogP contribution is -2.10. The van der Waals surface area contributed by atoms with Crippen molar-refractivity contribution in [1.82, 2.24) is 5.01 Å². The van der Waals surface area contributed by atoms with Crippen LogP contribution in [0.2, 0.25) is 0 Å². The van der Waals surface area contributed by atoms with E-state index in [0.29, 0.717) is 12.1 Å². The van der Waals surface area contributed by atoms with Gasteiger partial charge >= 0.3 is 0 Å². The van der Waals surface area contributed by atoms with Gasteiger partial charge in [0.15, 0.2) is 0 Å². The van der Waals surface area contributed by atoms with Gasteiger partial charge in [-0.1, -0.05) is 12.7 Å². The Kier molecular flexibility index (Phi) is 4.73. The van der Waals surface area contributed by atoms with Gasteiger partial charge in [0.25, 0.3) is 0 Å². The third kappa shape index (κ3) is 4.08. The van der Waals surface area contributed by atoms with E-state index in [9.17, 15) is 4.79 Å². The van der Waals surface area contributed by atoms with E-state index < -0.39 is 0 Å². The van der Waals surface area contributed by atoms with Gasteiger partial charge in [-0.3, -0.25) is 4.79 Å². The molecule has 0 saturated carbocycles. The van der Waals surface area contributed by atoms with Crippen LogP contribution in [0.3, 0.4) is 0 Å². The Labute approximate surface area is 66.7 Å². The van der Waals surface area contributed by atoms with Crippen LogP contribution in [0.5, 0.6) is 0 Å². The van der Waals surface area contributed by atoms with Crippen LogP contribution < -0.4 is 0 Å². The first-order valence-electron chi connectivity index (χ1n) is 3.27. The van der Waals surface area contributed by atoms with E-state index in [-0.39, 0.29) is 0 Å². The summed E-state index contributed by atoms with van der Waals surface area (Å²) in [5.74, 6) is 0. The van der Waals surface area contributed by atoms with Gasteiger partial charge in [-0.25, -0.2) is 5.01 Å². The van der Waals surface area contributed by atoms with Gasteiger partial charge in [0.05, 0.1) is 0 Å². The highest BCUT2D eigenvalue weighted by atomic mass is 16.1. The fraction of sp³-hybridized carbons (Fsp3) is 0.250. The molecule has 0 heterocycles. The normalized spacial score (nSPS) is 10.7. The summed E-state index contributed by atoms with van der Waals surface area (Å²) in [6, 6.07) is 0. The number of hydrogen-bond donors (Lipinski definition) is 0. The predicted octanol–water partition coefficient (Wildman–Crippen LogP) is 1.54. The first kappa shape index (κ1) is 9.62. The van der Waals surface area contributed by atoms with Crippen LogP contribution in [-0.2, 0) is 4.79 Å². The maximum atomic E-state index is 10.3. The third-order valence-corrected chi connectivity index (χ3v) is 0.961. The molecule has 3 nitrogen and oxygen atoms in total. The summed E-state index contributed by atoms with van der Waals surface area (Å²) in [6.07, 6.45) is 5.70. The molecule has 0 aliphatic rings. The maximum absolute atomic E-state index is 10.3. The van der Waals surface area contributed by atoms with E-state index in [4.69, 9.17) is 0 Å². The second-order valence-corrected chi connectivity index (χ2v) is 1.98. The zero-order valence-corrected chi connectivity index (χ0v) is 6.82. The van der Waals surface area contributed by atoms with Crippen molar-refractivity contribution in [2.24, 2.45) is 5.10 Å². The second-order valence-electron chi connectivity index (χ2n) is 1.98. The van der Waals surface area contributed by atoms with Crippen LogP contribution in [-0.4, -0.2) is 17.6 Å². The molecule has 3 heteroatoms. The Morgan fingerprint density at radius 2 is 2.27 bits per heavy atom. The highest BCUT2D eigenvalue weighted by Gasteiger charge is 1.94. The fourth-order valence-corrected chi connectivity index (χ4v) is 0.412. The van der Waals surface area contributed by atoms with Gasteiger partial charge in [-0.15, -0.1) is 0 Å². The van der Waals surface area contributed by atoms with Crippen molar-refractivity contribution in [3.05, 3.63) is 24.4 Å². The van der Waals surface area contributed by atoms with Crippen molar-refractivity contribution in [2.45, 2.75) is 13.8 Å². The van der Waals surface area contributed by atoms with Crippen molar-refractivity contribution in [1.29, 1.82) is 0 Å². The van der Waals surface area contributed by atoms with E-state index in [1.807, 2.05) is 13.0 Å². The minimum Gasteiger partial charge on any atom is -0.276 e. The quantitative estimate of drug-likeness (QED) is 0.341. The molecular formula is C8H12N2O. The molecule has 0 aromatic carbocycles. The van der Waals surface area contributed by atoms with Crippen LogP contribution in [0.1, 0.15) is 13.8 Å². The Morgan fingerprint density at radius 3 is 2.64 bits per heavy atom. The van der Waals surface area contributed by atoms with Crippen molar-refractivity contribution in [2.75, 3.05) is 0 Å². The lowest BCUT2D eigenvalue weighted by Gasteiger charge is -2.07. The molecule has 0 aliphatic heterocycles. The molecule has 0 N–H and O–H groups in total. The van der Waals surface area contributed by atoms with Crippen molar-refractivity contribution in [3.63, 3.8) is 0 Å². The molecule has 0 radical (unpaired) electrons. The lowest BCUT2D eigenvalue weighted by atomic mass is 10.5. The number of allylic oxidation sites excluding steroid dienone is 3. The van der Waals surface area contributed by atoms with Crippen LogP contribution in [0.15, 0.2) is 29.5 Å².